The number of nitrogens with zero attached hydrogens (tertiary/aromatic N) is 3. The third kappa shape index (κ3) is 5.92. The van der Waals surface area contributed by atoms with Gasteiger partial charge in [0.15, 0.2) is 11.5 Å². The van der Waals surface area contributed by atoms with Crippen molar-refractivity contribution in [2.24, 2.45) is 11.1 Å². The molecule has 0 spiro atoms. The minimum atomic E-state index is -0.411. The molecule has 2 rings (SSSR count). The van der Waals surface area contributed by atoms with Gasteiger partial charge in [-0.3, -0.25) is 15.0 Å². The van der Waals surface area contributed by atoms with Crippen LogP contribution in [0.4, 0.5) is 5.69 Å². The Bertz CT molecular complexity index is 920. The summed E-state index contributed by atoms with van der Waals surface area (Å²) in [5, 5.41) is 20.7. The van der Waals surface area contributed by atoms with Gasteiger partial charge >= 0.3 is 0 Å². The number of benzene rings is 2. The normalized spacial score (nSPS) is 11.2. The third-order valence-electron chi connectivity index (χ3n) is 4.87. The molecule has 0 fully saturated rings. The highest BCUT2D eigenvalue weighted by Gasteiger charge is 2.25. The lowest BCUT2D eigenvalue weighted by Gasteiger charge is -2.32. The van der Waals surface area contributed by atoms with Crippen LogP contribution in [0.25, 0.3) is 0 Å². The highest BCUT2D eigenvalue weighted by Crippen LogP contribution is 2.35. The lowest BCUT2D eigenvalue weighted by Crippen LogP contribution is -2.38. The smallest absolute Gasteiger partial charge is 0.277 e. The van der Waals surface area contributed by atoms with Crippen molar-refractivity contribution in [1.82, 2.24) is 4.90 Å². The van der Waals surface area contributed by atoms with Gasteiger partial charge < -0.3 is 15.2 Å². The Labute approximate surface area is 177 Å². The Morgan fingerprint density at radius 3 is 2.23 bits per heavy atom. The van der Waals surface area contributed by atoms with Crippen LogP contribution in [0.2, 0.25) is 0 Å². The van der Waals surface area contributed by atoms with Gasteiger partial charge in [-0.1, -0.05) is 26.0 Å². The SMILES string of the molecule is COc1cc(CN(Cc2ccc(C#N)cc2)CC(C)(C)CN)c([N+](=O)[O-])cc1OC. The van der Waals surface area contributed by atoms with Crippen LogP contribution >= 0.6 is 0 Å². The maximum absolute atomic E-state index is 11.7. The Hall–Kier alpha value is -3.15. The fourth-order valence-corrected chi connectivity index (χ4v) is 3.23. The van der Waals surface area contributed by atoms with Crippen molar-refractivity contribution < 1.29 is 14.4 Å². The van der Waals surface area contributed by atoms with Gasteiger partial charge in [0.05, 0.1) is 36.8 Å². The Kier molecular flexibility index (Phi) is 7.75. The van der Waals surface area contributed by atoms with E-state index in [1.807, 2.05) is 12.1 Å². The molecule has 2 N–H and O–H groups in total. The van der Waals surface area contributed by atoms with Crippen LogP contribution in [0.15, 0.2) is 36.4 Å². The molecular weight excluding hydrogens is 384 g/mol. The maximum atomic E-state index is 11.7. The van der Waals surface area contributed by atoms with Gasteiger partial charge in [0.1, 0.15) is 0 Å². The molecule has 0 aliphatic rings. The first-order valence-electron chi connectivity index (χ1n) is 9.53. The van der Waals surface area contributed by atoms with Crippen molar-refractivity contribution in [3.63, 3.8) is 0 Å². The topological polar surface area (TPSA) is 115 Å². The van der Waals surface area contributed by atoms with Gasteiger partial charge in [0.2, 0.25) is 0 Å². The summed E-state index contributed by atoms with van der Waals surface area (Å²) in [5.74, 6) is 0.753. The number of nitro groups is 1. The van der Waals surface area contributed by atoms with Gasteiger partial charge in [0, 0.05) is 25.2 Å². The summed E-state index contributed by atoms with van der Waals surface area (Å²) in [7, 11) is 2.95. The van der Waals surface area contributed by atoms with Crippen LogP contribution in [0.5, 0.6) is 11.5 Å². The van der Waals surface area contributed by atoms with Gasteiger partial charge in [-0.25, -0.2) is 0 Å². The van der Waals surface area contributed by atoms with Crippen LogP contribution in [-0.2, 0) is 13.1 Å². The molecule has 8 nitrogen and oxygen atoms in total. The quantitative estimate of drug-likeness (QED) is 0.469. The Morgan fingerprint density at radius 2 is 1.73 bits per heavy atom. The standard InChI is InChI=1S/C22H28N4O4/c1-22(2,14-24)15-25(12-17-7-5-16(11-23)6-8-17)13-18-9-20(29-3)21(30-4)10-19(18)26(27)28/h5-10H,12-15,24H2,1-4H3. The number of rotatable bonds is 10. The average Bonchev–Trinajstić information content (AvgIpc) is 2.73. The third-order valence-corrected chi connectivity index (χ3v) is 4.87. The van der Waals surface area contributed by atoms with E-state index in [0.29, 0.717) is 48.8 Å². The molecule has 0 saturated heterocycles. The number of hydrogen-bond acceptors (Lipinski definition) is 7. The molecule has 2 aromatic rings. The minimum absolute atomic E-state index is 0.0250. The van der Waals surface area contributed by atoms with E-state index in [0.717, 1.165) is 5.56 Å². The van der Waals surface area contributed by atoms with E-state index in [1.165, 1.54) is 20.3 Å². The first kappa shape index (κ1) is 23.1. The molecule has 0 unspecified atom stereocenters. The van der Waals surface area contributed by atoms with Gasteiger partial charge in [-0.2, -0.15) is 5.26 Å². The second-order valence-corrected chi connectivity index (χ2v) is 7.92. The van der Waals surface area contributed by atoms with Crippen LogP contribution in [-0.4, -0.2) is 37.1 Å². The lowest BCUT2D eigenvalue weighted by atomic mass is 9.92. The molecule has 0 amide bonds. The molecule has 0 aliphatic carbocycles. The van der Waals surface area contributed by atoms with Gasteiger partial charge in [0.25, 0.3) is 5.69 Å². The molecule has 0 aromatic heterocycles. The summed E-state index contributed by atoms with van der Waals surface area (Å²) in [6, 6.07) is 12.5. The first-order valence-corrected chi connectivity index (χ1v) is 9.53. The number of nitrogens with two attached hydrogens (primary N) is 1. The van der Waals surface area contributed by atoms with Gasteiger partial charge in [-0.05, 0) is 35.7 Å². The number of nitriles is 1. The molecule has 2 aromatic carbocycles. The summed E-state index contributed by atoms with van der Waals surface area (Å²) in [6.07, 6.45) is 0. The highest BCUT2D eigenvalue weighted by molar-refractivity contribution is 5.54. The average molecular weight is 412 g/mol. The van der Waals surface area contributed by atoms with E-state index >= 15 is 0 Å². The molecule has 30 heavy (non-hydrogen) atoms. The predicted octanol–water partition coefficient (Wildman–Crippen LogP) is 3.47. The number of hydrogen-bond donors (Lipinski definition) is 1. The van der Waals surface area contributed by atoms with Crippen molar-refractivity contribution >= 4 is 5.69 Å². The molecule has 0 atom stereocenters. The van der Waals surface area contributed by atoms with Gasteiger partial charge in [-0.15, -0.1) is 0 Å². The largest absolute Gasteiger partial charge is 0.493 e. The molecule has 0 aliphatic heterocycles. The second-order valence-electron chi connectivity index (χ2n) is 7.92. The van der Waals surface area contributed by atoms with Crippen molar-refractivity contribution in [2.45, 2.75) is 26.9 Å². The van der Waals surface area contributed by atoms with E-state index in [4.69, 9.17) is 20.5 Å². The van der Waals surface area contributed by atoms with E-state index in [9.17, 15) is 10.1 Å². The summed E-state index contributed by atoms with van der Waals surface area (Å²) in [4.78, 5) is 13.4. The molecule has 0 radical (unpaired) electrons. The molecule has 0 bridgehead atoms. The summed E-state index contributed by atoms with van der Waals surface area (Å²) in [6.45, 7) is 6.12. The predicted molar refractivity (Wildman–Crippen MR) is 114 cm³/mol. The molecular formula is C22H28N4O4. The van der Waals surface area contributed by atoms with Crippen molar-refractivity contribution in [3.05, 3.63) is 63.2 Å². The van der Waals surface area contributed by atoms with Crippen molar-refractivity contribution in [3.8, 4) is 17.6 Å². The van der Waals surface area contributed by atoms with Crippen LogP contribution < -0.4 is 15.2 Å². The van der Waals surface area contributed by atoms with E-state index < -0.39 is 4.92 Å². The first-order chi connectivity index (χ1) is 14.2. The lowest BCUT2D eigenvalue weighted by molar-refractivity contribution is -0.385. The highest BCUT2D eigenvalue weighted by atomic mass is 16.6. The summed E-state index contributed by atoms with van der Waals surface area (Å²) < 4.78 is 10.6. The monoisotopic (exact) mass is 412 g/mol. The Morgan fingerprint density at radius 1 is 1.13 bits per heavy atom. The molecule has 8 heteroatoms. The zero-order valence-corrected chi connectivity index (χ0v) is 17.8. The van der Waals surface area contributed by atoms with E-state index in [1.54, 1.807) is 18.2 Å². The number of methoxy groups -OCH3 is 2. The number of ether oxygens (including phenoxy) is 2. The summed E-state index contributed by atoms with van der Waals surface area (Å²) in [5.41, 5.74) is 7.84. The van der Waals surface area contributed by atoms with E-state index in [-0.39, 0.29) is 11.1 Å². The zero-order chi connectivity index (χ0) is 22.3. The van der Waals surface area contributed by atoms with Crippen molar-refractivity contribution in [2.75, 3.05) is 27.3 Å². The van der Waals surface area contributed by atoms with Crippen LogP contribution in [0.1, 0.15) is 30.5 Å². The summed E-state index contributed by atoms with van der Waals surface area (Å²) >= 11 is 0. The fraction of sp³-hybridized carbons (Fsp3) is 0.409. The Balaban J connectivity index is 2.41. The molecule has 0 saturated carbocycles. The number of nitro benzene ring substituents is 1. The zero-order valence-electron chi connectivity index (χ0n) is 17.8. The van der Waals surface area contributed by atoms with Crippen molar-refractivity contribution in [1.29, 1.82) is 5.26 Å². The van der Waals surface area contributed by atoms with E-state index in [2.05, 4.69) is 24.8 Å². The van der Waals surface area contributed by atoms with Crippen LogP contribution in [0, 0.1) is 26.9 Å². The molecule has 160 valence electrons. The second kappa shape index (κ2) is 10.1. The fourth-order valence-electron chi connectivity index (χ4n) is 3.23. The maximum Gasteiger partial charge on any atom is 0.277 e. The van der Waals surface area contributed by atoms with Crippen LogP contribution in [0.3, 0.4) is 0 Å². The molecule has 0 heterocycles. The minimum Gasteiger partial charge on any atom is -0.493 e.